The highest BCUT2D eigenvalue weighted by molar-refractivity contribution is 6.35. The standard InChI is InChI=1S/C19H26Cl2N2O/c1-14-6-9-23(10-7-14)19(24)16-3-2-8-22(13-16)12-15-4-5-17(20)11-18(15)21/h4-5,11,14,16H,2-3,6-10,12-13H2,1H3. The van der Waals surface area contributed by atoms with Crippen LogP contribution in [0, 0.1) is 11.8 Å². The Balaban J connectivity index is 1.58. The van der Waals surface area contributed by atoms with Gasteiger partial charge in [0, 0.05) is 36.2 Å². The third kappa shape index (κ3) is 4.44. The van der Waals surface area contributed by atoms with E-state index in [1.165, 1.54) is 0 Å². The minimum atomic E-state index is 0.137. The summed E-state index contributed by atoms with van der Waals surface area (Å²) in [6, 6.07) is 5.66. The van der Waals surface area contributed by atoms with Gasteiger partial charge in [-0.3, -0.25) is 9.69 Å². The van der Waals surface area contributed by atoms with Gasteiger partial charge in [0.05, 0.1) is 5.92 Å². The second-order valence-electron chi connectivity index (χ2n) is 7.32. The van der Waals surface area contributed by atoms with Gasteiger partial charge in [0.25, 0.3) is 0 Å². The normalized spacial score (nSPS) is 23.5. The minimum absolute atomic E-state index is 0.137. The quantitative estimate of drug-likeness (QED) is 0.785. The highest BCUT2D eigenvalue weighted by atomic mass is 35.5. The third-order valence-electron chi connectivity index (χ3n) is 5.36. The van der Waals surface area contributed by atoms with E-state index in [9.17, 15) is 4.79 Å². The smallest absolute Gasteiger partial charge is 0.226 e. The second-order valence-corrected chi connectivity index (χ2v) is 8.16. The fraction of sp³-hybridized carbons (Fsp3) is 0.632. The van der Waals surface area contributed by atoms with Crippen molar-refractivity contribution in [1.29, 1.82) is 0 Å². The van der Waals surface area contributed by atoms with Crippen molar-refractivity contribution in [1.82, 2.24) is 9.80 Å². The number of hydrogen-bond donors (Lipinski definition) is 0. The molecular formula is C19H26Cl2N2O. The zero-order chi connectivity index (χ0) is 17.1. The Kier molecular flexibility index (Phi) is 6.07. The molecule has 0 aliphatic carbocycles. The average molecular weight is 369 g/mol. The molecule has 1 unspecified atom stereocenters. The highest BCUT2D eigenvalue weighted by Gasteiger charge is 2.30. The molecule has 3 rings (SSSR count). The maximum Gasteiger partial charge on any atom is 0.226 e. The Labute approximate surface area is 154 Å². The van der Waals surface area contributed by atoms with Crippen LogP contribution in [0.1, 0.15) is 38.2 Å². The molecule has 0 N–H and O–H groups in total. The molecule has 24 heavy (non-hydrogen) atoms. The monoisotopic (exact) mass is 368 g/mol. The second kappa shape index (κ2) is 8.07. The van der Waals surface area contributed by atoms with E-state index in [0.29, 0.717) is 16.0 Å². The van der Waals surface area contributed by atoms with Gasteiger partial charge in [-0.05, 0) is 55.8 Å². The van der Waals surface area contributed by atoms with Gasteiger partial charge < -0.3 is 4.90 Å². The Morgan fingerprint density at radius 1 is 1.17 bits per heavy atom. The van der Waals surface area contributed by atoms with Crippen molar-refractivity contribution in [3.8, 4) is 0 Å². The number of likely N-dealkylation sites (tertiary alicyclic amines) is 2. The molecule has 0 radical (unpaired) electrons. The molecule has 0 bridgehead atoms. The molecule has 2 aliphatic rings. The number of amides is 1. The van der Waals surface area contributed by atoms with Crippen molar-refractivity contribution >= 4 is 29.1 Å². The fourth-order valence-corrected chi connectivity index (χ4v) is 4.25. The average Bonchev–Trinajstić information content (AvgIpc) is 2.58. The van der Waals surface area contributed by atoms with Crippen LogP contribution in [-0.4, -0.2) is 41.9 Å². The van der Waals surface area contributed by atoms with Gasteiger partial charge in [0.15, 0.2) is 0 Å². The van der Waals surface area contributed by atoms with Gasteiger partial charge in [-0.1, -0.05) is 36.2 Å². The van der Waals surface area contributed by atoms with Crippen LogP contribution in [0.5, 0.6) is 0 Å². The minimum Gasteiger partial charge on any atom is -0.342 e. The molecule has 5 heteroatoms. The topological polar surface area (TPSA) is 23.6 Å². The summed E-state index contributed by atoms with van der Waals surface area (Å²) in [6.07, 6.45) is 4.37. The molecule has 2 heterocycles. The first-order chi connectivity index (χ1) is 11.5. The van der Waals surface area contributed by atoms with Crippen molar-refractivity contribution in [3.63, 3.8) is 0 Å². The molecule has 132 valence electrons. The van der Waals surface area contributed by atoms with Crippen molar-refractivity contribution in [2.75, 3.05) is 26.2 Å². The lowest BCUT2D eigenvalue weighted by molar-refractivity contribution is -0.138. The summed E-state index contributed by atoms with van der Waals surface area (Å²) in [5.41, 5.74) is 1.08. The largest absolute Gasteiger partial charge is 0.342 e. The molecule has 0 aromatic heterocycles. The summed E-state index contributed by atoms with van der Waals surface area (Å²) in [6.45, 7) is 6.79. The highest BCUT2D eigenvalue weighted by Crippen LogP contribution is 2.26. The lowest BCUT2D eigenvalue weighted by Gasteiger charge is -2.37. The Hall–Kier alpha value is -0.770. The molecule has 1 aromatic carbocycles. The first kappa shape index (κ1) is 18.0. The number of hydrogen-bond acceptors (Lipinski definition) is 2. The lowest BCUT2D eigenvalue weighted by Crippen LogP contribution is -2.46. The van der Waals surface area contributed by atoms with Crippen molar-refractivity contribution < 1.29 is 4.79 Å². The number of nitrogens with zero attached hydrogens (tertiary/aromatic N) is 2. The van der Waals surface area contributed by atoms with Crippen LogP contribution >= 0.6 is 23.2 Å². The van der Waals surface area contributed by atoms with Gasteiger partial charge in [-0.2, -0.15) is 0 Å². The van der Waals surface area contributed by atoms with E-state index in [4.69, 9.17) is 23.2 Å². The Bertz CT molecular complexity index is 585. The zero-order valence-electron chi connectivity index (χ0n) is 14.3. The maximum atomic E-state index is 12.8. The van der Waals surface area contributed by atoms with Crippen molar-refractivity contribution in [2.24, 2.45) is 11.8 Å². The van der Waals surface area contributed by atoms with Crippen LogP contribution < -0.4 is 0 Å². The summed E-state index contributed by atoms with van der Waals surface area (Å²) in [5, 5.41) is 1.37. The predicted molar refractivity (Wildman–Crippen MR) is 99.4 cm³/mol. The molecule has 2 aliphatic heterocycles. The van der Waals surface area contributed by atoms with Gasteiger partial charge in [0.1, 0.15) is 0 Å². The number of halogens is 2. The van der Waals surface area contributed by atoms with Gasteiger partial charge in [-0.25, -0.2) is 0 Å². The number of benzene rings is 1. The summed E-state index contributed by atoms with van der Waals surface area (Å²) in [4.78, 5) is 17.3. The summed E-state index contributed by atoms with van der Waals surface area (Å²) < 4.78 is 0. The van der Waals surface area contributed by atoms with Crippen LogP contribution in [0.25, 0.3) is 0 Å². The first-order valence-corrected chi connectivity index (χ1v) is 9.73. The van der Waals surface area contributed by atoms with Crippen LogP contribution in [-0.2, 0) is 11.3 Å². The molecule has 0 spiro atoms. The van der Waals surface area contributed by atoms with Gasteiger partial charge in [0.2, 0.25) is 5.91 Å². The molecule has 2 fully saturated rings. The van der Waals surface area contributed by atoms with Crippen LogP contribution in [0.2, 0.25) is 10.0 Å². The third-order valence-corrected chi connectivity index (χ3v) is 5.95. The van der Waals surface area contributed by atoms with E-state index >= 15 is 0 Å². The fourth-order valence-electron chi connectivity index (χ4n) is 3.78. The van der Waals surface area contributed by atoms with E-state index < -0.39 is 0 Å². The summed E-state index contributed by atoms with van der Waals surface area (Å²) in [7, 11) is 0. The van der Waals surface area contributed by atoms with Crippen molar-refractivity contribution in [3.05, 3.63) is 33.8 Å². The zero-order valence-corrected chi connectivity index (χ0v) is 15.8. The molecule has 1 amide bonds. The molecule has 3 nitrogen and oxygen atoms in total. The maximum absolute atomic E-state index is 12.8. The molecule has 1 aromatic rings. The SMILES string of the molecule is CC1CCN(C(=O)C2CCCN(Cc3ccc(Cl)cc3Cl)C2)CC1. The lowest BCUT2D eigenvalue weighted by atomic mass is 9.93. The Morgan fingerprint density at radius 3 is 2.62 bits per heavy atom. The number of carbonyl (C=O) groups is 1. The Morgan fingerprint density at radius 2 is 1.92 bits per heavy atom. The molecule has 2 saturated heterocycles. The van der Waals surface area contributed by atoms with E-state index in [-0.39, 0.29) is 5.92 Å². The van der Waals surface area contributed by atoms with Crippen LogP contribution in [0.15, 0.2) is 18.2 Å². The van der Waals surface area contributed by atoms with E-state index in [1.54, 1.807) is 6.07 Å². The van der Waals surface area contributed by atoms with Crippen LogP contribution in [0.4, 0.5) is 0 Å². The summed E-state index contributed by atoms with van der Waals surface area (Å²) >= 11 is 12.3. The van der Waals surface area contributed by atoms with Gasteiger partial charge >= 0.3 is 0 Å². The number of piperidine rings is 2. The van der Waals surface area contributed by atoms with Crippen LogP contribution in [0.3, 0.4) is 0 Å². The van der Waals surface area contributed by atoms with Crippen molar-refractivity contribution in [2.45, 2.75) is 39.2 Å². The molecule has 1 atom stereocenters. The van der Waals surface area contributed by atoms with Gasteiger partial charge in [-0.15, -0.1) is 0 Å². The number of rotatable bonds is 3. The van der Waals surface area contributed by atoms with E-state index in [1.807, 2.05) is 12.1 Å². The molecule has 0 saturated carbocycles. The first-order valence-electron chi connectivity index (χ1n) is 8.98. The molecular weight excluding hydrogens is 343 g/mol. The van der Waals surface area contributed by atoms with E-state index in [2.05, 4.69) is 16.7 Å². The van der Waals surface area contributed by atoms with E-state index in [0.717, 1.165) is 69.9 Å². The number of carbonyl (C=O) groups excluding carboxylic acids is 1. The predicted octanol–water partition coefficient (Wildman–Crippen LogP) is 4.46. The summed E-state index contributed by atoms with van der Waals surface area (Å²) in [5.74, 6) is 1.25.